The number of anilines is 1. The number of carbonyl (C=O) groups excluding carboxylic acids is 2. The van der Waals surface area contributed by atoms with Crippen molar-refractivity contribution in [2.24, 2.45) is 0 Å². The van der Waals surface area contributed by atoms with Crippen LogP contribution in [0.25, 0.3) is 0 Å². The lowest BCUT2D eigenvalue weighted by Gasteiger charge is -2.39. The lowest BCUT2D eigenvalue weighted by atomic mass is 9.79. The number of amides is 2. The van der Waals surface area contributed by atoms with Gasteiger partial charge in [-0.3, -0.25) is 9.59 Å². The zero-order valence-corrected chi connectivity index (χ0v) is 16.6. The van der Waals surface area contributed by atoms with E-state index in [2.05, 4.69) is 5.32 Å². The second kappa shape index (κ2) is 7.99. The first kappa shape index (κ1) is 19.6. The van der Waals surface area contributed by atoms with E-state index >= 15 is 0 Å². The van der Waals surface area contributed by atoms with E-state index in [1.54, 1.807) is 67.6 Å². The molecule has 152 valence electrons. The summed E-state index contributed by atoms with van der Waals surface area (Å²) in [5, 5.41) is 2.70. The fourth-order valence-corrected chi connectivity index (χ4v) is 3.95. The third-order valence-corrected chi connectivity index (χ3v) is 5.45. The Morgan fingerprint density at radius 3 is 2.37 bits per heavy atom. The van der Waals surface area contributed by atoms with Crippen molar-refractivity contribution < 1.29 is 18.7 Å². The Balaban J connectivity index is 1.80. The quantitative estimate of drug-likeness (QED) is 0.702. The van der Waals surface area contributed by atoms with Gasteiger partial charge in [0, 0.05) is 12.6 Å². The molecule has 0 saturated heterocycles. The molecule has 6 heteroatoms. The molecule has 1 heterocycles. The van der Waals surface area contributed by atoms with Gasteiger partial charge in [-0.05, 0) is 41.5 Å². The van der Waals surface area contributed by atoms with Gasteiger partial charge in [-0.2, -0.15) is 0 Å². The molecule has 2 atom stereocenters. The Hall–Kier alpha value is -3.67. The maximum absolute atomic E-state index is 14.2. The fraction of sp³-hybridized carbons (Fsp3) is 0.167. The zero-order valence-electron chi connectivity index (χ0n) is 16.6. The van der Waals surface area contributed by atoms with Gasteiger partial charge in [-0.25, -0.2) is 4.39 Å². The smallest absolute Gasteiger partial charge is 0.254 e. The Morgan fingerprint density at radius 2 is 1.67 bits per heavy atom. The van der Waals surface area contributed by atoms with Crippen LogP contribution < -0.4 is 10.1 Å². The lowest BCUT2D eigenvalue weighted by Crippen LogP contribution is -2.44. The van der Waals surface area contributed by atoms with E-state index in [4.69, 9.17) is 4.74 Å². The van der Waals surface area contributed by atoms with Gasteiger partial charge in [0.1, 0.15) is 11.6 Å². The standard InChI is InChI=1S/C24H21FN2O3/c1-27-22(15-11-13-16(30-2)14-12-15)21(17-7-3-4-8-18(17)24(27)29)23(28)26-20-10-6-5-9-19(20)25/h3-14,21-22H,1-2H3,(H,26,28)/t21-,22-/m0/s1. The van der Waals surface area contributed by atoms with Crippen molar-refractivity contribution in [3.63, 3.8) is 0 Å². The van der Waals surface area contributed by atoms with E-state index in [-0.39, 0.29) is 17.5 Å². The van der Waals surface area contributed by atoms with Gasteiger partial charge >= 0.3 is 0 Å². The monoisotopic (exact) mass is 404 g/mol. The number of para-hydroxylation sites is 1. The number of carbonyl (C=O) groups is 2. The Labute approximate surface area is 174 Å². The first-order valence-corrected chi connectivity index (χ1v) is 9.56. The number of fused-ring (bicyclic) bond motifs is 1. The molecule has 0 aliphatic carbocycles. The minimum absolute atomic E-state index is 0.105. The topological polar surface area (TPSA) is 58.6 Å². The minimum Gasteiger partial charge on any atom is -0.497 e. The SMILES string of the molecule is COc1ccc([C@H]2[C@@H](C(=O)Nc3ccccc3F)c3ccccc3C(=O)N2C)cc1. The summed E-state index contributed by atoms with van der Waals surface area (Å²) >= 11 is 0. The summed E-state index contributed by atoms with van der Waals surface area (Å²) in [6.45, 7) is 0. The van der Waals surface area contributed by atoms with E-state index in [1.807, 2.05) is 12.1 Å². The van der Waals surface area contributed by atoms with Crippen LogP contribution >= 0.6 is 0 Å². The third-order valence-electron chi connectivity index (χ3n) is 5.45. The number of nitrogens with zero attached hydrogens (tertiary/aromatic N) is 1. The van der Waals surface area contributed by atoms with Gasteiger partial charge in [0.2, 0.25) is 5.91 Å². The van der Waals surface area contributed by atoms with Crippen LogP contribution in [0.2, 0.25) is 0 Å². The summed E-state index contributed by atoms with van der Waals surface area (Å²) < 4.78 is 19.4. The van der Waals surface area contributed by atoms with Crippen LogP contribution in [0.15, 0.2) is 72.8 Å². The van der Waals surface area contributed by atoms with E-state index in [1.165, 1.54) is 12.1 Å². The fourth-order valence-electron chi connectivity index (χ4n) is 3.95. The number of ether oxygens (including phenoxy) is 1. The number of hydrogen-bond acceptors (Lipinski definition) is 3. The highest BCUT2D eigenvalue weighted by Crippen LogP contribution is 2.42. The van der Waals surface area contributed by atoms with E-state index < -0.39 is 17.8 Å². The molecule has 3 aromatic rings. The Bertz CT molecular complexity index is 1100. The molecule has 1 N–H and O–H groups in total. The van der Waals surface area contributed by atoms with Crippen LogP contribution in [-0.2, 0) is 4.79 Å². The average molecular weight is 404 g/mol. The van der Waals surface area contributed by atoms with E-state index in [9.17, 15) is 14.0 Å². The summed E-state index contributed by atoms with van der Waals surface area (Å²) in [6.07, 6.45) is 0. The lowest BCUT2D eigenvalue weighted by molar-refractivity contribution is -0.119. The molecule has 5 nitrogen and oxygen atoms in total. The van der Waals surface area contributed by atoms with Crippen LogP contribution in [0.3, 0.4) is 0 Å². The van der Waals surface area contributed by atoms with Crippen molar-refractivity contribution >= 4 is 17.5 Å². The van der Waals surface area contributed by atoms with E-state index in [0.29, 0.717) is 16.9 Å². The van der Waals surface area contributed by atoms with Crippen molar-refractivity contribution in [3.05, 3.63) is 95.3 Å². The molecule has 0 unspecified atom stereocenters. The normalized spacial score (nSPS) is 18.0. The van der Waals surface area contributed by atoms with Crippen molar-refractivity contribution in [2.45, 2.75) is 12.0 Å². The molecule has 1 aliphatic heterocycles. The summed E-state index contributed by atoms with van der Waals surface area (Å²) in [7, 11) is 3.25. The molecule has 0 spiro atoms. The van der Waals surface area contributed by atoms with Crippen LogP contribution in [0.4, 0.5) is 10.1 Å². The minimum atomic E-state index is -0.711. The molecular weight excluding hydrogens is 383 g/mol. The van der Waals surface area contributed by atoms with Gasteiger partial charge < -0.3 is 15.0 Å². The van der Waals surface area contributed by atoms with Gasteiger partial charge in [0.25, 0.3) is 5.91 Å². The maximum Gasteiger partial charge on any atom is 0.254 e. The maximum atomic E-state index is 14.2. The highest BCUT2D eigenvalue weighted by atomic mass is 19.1. The largest absolute Gasteiger partial charge is 0.497 e. The van der Waals surface area contributed by atoms with Crippen LogP contribution in [-0.4, -0.2) is 30.9 Å². The molecule has 2 amide bonds. The zero-order chi connectivity index (χ0) is 21.3. The molecule has 4 rings (SSSR count). The molecule has 3 aromatic carbocycles. The Kier molecular flexibility index (Phi) is 5.23. The van der Waals surface area contributed by atoms with Crippen molar-refractivity contribution in [1.29, 1.82) is 0 Å². The van der Waals surface area contributed by atoms with Crippen molar-refractivity contribution in [3.8, 4) is 5.75 Å². The first-order chi connectivity index (χ1) is 14.5. The van der Waals surface area contributed by atoms with Crippen molar-refractivity contribution in [2.75, 3.05) is 19.5 Å². The third kappa shape index (κ3) is 3.41. The number of likely N-dealkylation sites (N-methyl/N-ethyl adjacent to an activating group) is 1. The molecule has 0 saturated carbocycles. The van der Waals surface area contributed by atoms with E-state index in [0.717, 1.165) is 5.56 Å². The second-order valence-electron chi connectivity index (χ2n) is 7.17. The molecule has 0 bridgehead atoms. The summed E-state index contributed by atoms with van der Waals surface area (Å²) in [5.41, 5.74) is 1.98. The molecule has 0 radical (unpaired) electrons. The number of methoxy groups -OCH3 is 1. The highest BCUT2D eigenvalue weighted by molar-refractivity contribution is 6.04. The average Bonchev–Trinajstić information content (AvgIpc) is 2.77. The predicted octanol–water partition coefficient (Wildman–Crippen LogP) is 4.38. The predicted molar refractivity (Wildman–Crippen MR) is 112 cm³/mol. The number of hydrogen-bond donors (Lipinski definition) is 1. The molecule has 30 heavy (non-hydrogen) atoms. The van der Waals surface area contributed by atoms with Gasteiger partial charge in [-0.15, -0.1) is 0 Å². The van der Waals surface area contributed by atoms with Crippen LogP contribution in [0.1, 0.15) is 33.4 Å². The second-order valence-corrected chi connectivity index (χ2v) is 7.17. The highest BCUT2D eigenvalue weighted by Gasteiger charge is 2.42. The number of nitrogens with one attached hydrogen (secondary N) is 1. The van der Waals surface area contributed by atoms with Gasteiger partial charge in [-0.1, -0.05) is 42.5 Å². The molecular formula is C24H21FN2O3. The van der Waals surface area contributed by atoms with Crippen LogP contribution in [0, 0.1) is 5.82 Å². The van der Waals surface area contributed by atoms with Gasteiger partial charge in [0.15, 0.2) is 0 Å². The number of rotatable bonds is 4. The molecule has 0 aromatic heterocycles. The van der Waals surface area contributed by atoms with Crippen LogP contribution in [0.5, 0.6) is 5.75 Å². The molecule has 0 fully saturated rings. The van der Waals surface area contributed by atoms with Gasteiger partial charge in [0.05, 0.1) is 24.8 Å². The number of benzene rings is 3. The summed E-state index contributed by atoms with van der Waals surface area (Å²) in [5.74, 6) is -1.09. The Morgan fingerprint density at radius 1 is 1.00 bits per heavy atom. The summed E-state index contributed by atoms with van der Waals surface area (Å²) in [6, 6.07) is 19.8. The summed E-state index contributed by atoms with van der Waals surface area (Å²) in [4.78, 5) is 28.0. The first-order valence-electron chi connectivity index (χ1n) is 9.56. The number of halogens is 1. The van der Waals surface area contributed by atoms with Crippen molar-refractivity contribution in [1.82, 2.24) is 4.90 Å². The molecule has 1 aliphatic rings.